The fourth-order valence-electron chi connectivity index (χ4n) is 3.44. The van der Waals surface area contributed by atoms with E-state index in [-0.39, 0.29) is 11.8 Å². The molecule has 0 aliphatic heterocycles. The second kappa shape index (κ2) is 4.42. The van der Waals surface area contributed by atoms with Gasteiger partial charge in [-0.05, 0) is 37.5 Å². The highest BCUT2D eigenvalue weighted by Gasteiger charge is 2.40. The minimum absolute atomic E-state index is 0.225. The third-order valence-electron chi connectivity index (χ3n) is 4.07. The molecule has 0 bridgehead atoms. The van der Waals surface area contributed by atoms with E-state index in [1.807, 2.05) is 0 Å². The maximum atomic E-state index is 11.5. The summed E-state index contributed by atoms with van der Waals surface area (Å²) in [5.74, 6) is 0.450. The van der Waals surface area contributed by atoms with Gasteiger partial charge >= 0.3 is 0 Å². The molecule has 0 atom stereocenters. The van der Waals surface area contributed by atoms with Crippen molar-refractivity contribution in [1.82, 2.24) is 0 Å². The lowest BCUT2D eigenvalue weighted by molar-refractivity contribution is 0.348. The molecule has 0 amide bonds. The van der Waals surface area contributed by atoms with Gasteiger partial charge in [0.25, 0.3) is 10.1 Å². The Bertz CT molecular complexity index is 282. The van der Waals surface area contributed by atoms with E-state index in [4.69, 9.17) is 0 Å². The first-order chi connectivity index (χ1) is 7.09. The van der Waals surface area contributed by atoms with Gasteiger partial charge < -0.3 is 0 Å². The molecule has 2 aliphatic rings. The SMILES string of the molecule is O=S(=O)(O)C(C1CCCC1)C1CCCC1. The molecule has 1 N–H and O–H groups in total. The molecule has 0 aromatic rings. The smallest absolute Gasteiger partial charge is 0.268 e. The van der Waals surface area contributed by atoms with Gasteiger partial charge in [0.15, 0.2) is 0 Å². The predicted molar refractivity (Wildman–Crippen MR) is 59.3 cm³/mol. The first kappa shape index (κ1) is 11.4. The van der Waals surface area contributed by atoms with E-state index >= 15 is 0 Å². The zero-order chi connectivity index (χ0) is 10.9. The van der Waals surface area contributed by atoms with Crippen molar-refractivity contribution >= 4 is 10.1 Å². The van der Waals surface area contributed by atoms with Crippen LogP contribution in [0.15, 0.2) is 0 Å². The maximum Gasteiger partial charge on any atom is 0.268 e. The fraction of sp³-hybridized carbons (Fsp3) is 1.00. The van der Waals surface area contributed by atoms with Gasteiger partial charge in [0.2, 0.25) is 0 Å². The van der Waals surface area contributed by atoms with E-state index in [1.165, 1.54) is 0 Å². The molecule has 2 saturated carbocycles. The summed E-state index contributed by atoms with van der Waals surface area (Å²) in [5.41, 5.74) is 0. The molecular weight excluding hydrogens is 212 g/mol. The van der Waals surface area contributed by atoms with Crippen LogP contribution >= 0.6 is 0 Å². The highest BCUT2D eigenvalue weighted by Crippen LogP contribution is 2.40. The van der Waals surface area contributed by atoms with Crippen LogP contribution in [0.1, 0.15) is 51.4 Å². The van der Waals surface area contributed by atoms with Crippen molar-refractivity contribution in [1.29, 1.82) is 0 Å². The van der Waals surface area contributed by atoms with E-state index in [0.717, 1.165) is 51.4 Å². The van der Waals surface area contributed by atoms with Crippen molar-refractivity contribution in [3.05, 3.63) is 0 Å². The summed E-state index contributed by atoms with van der Waals surface area (Å²) in [6, 6.07) is 0. The van der Waals surface area contributed by atoms with Crippen LogP contribution < -0.4 is 0 Å². The van der Waals surface area contributed by atoms with Gasteiger partial charge in [0.05, 0.1) is 5.25 Å². The molecule has 2 aliphatic carbocycles. The predicted octanol–water partition coefficient (Wildman–Crippen LogP) is 2.62. The fourth-order valence-corrected chi connectivity index (χ4v) is 4.96. The Balaban J connectivity index is 2.15. The molecule has 0 spiro atoms. The zero-order valence-corrected chi connectivity index (χ0v) is 9.88. The topological polar surface area (TPSA) is 54.4 Å². The molecular formula is C11H20O3S. The molecule has 0 heterocycles. The van der Waals surface area contributed by atoms with Crippen LogP contribution in [-0.4, -0.2) is 18.2 Å². The Morgan fingerprint density at radius 1 is 0.867 bits per heavy atom. The van der Waals surface area contributed by atoms with Crippen LogP contribution in [0, 0.1) is 11.8 Å². The van der Waals surface area contributed by atoms with Gasteiger partial charge in [0.1, 0.15) is 0 Å². The Morgan fingerprint density at radius 3 is 1.47 bits per heavy atom. The van der Waals surface area contributed by atoms with E-state index in [0.29, 0.717) is 0 Å². The number of hydrogen-bond acceptors (Lipinski definition) is 2. The summed E-state index contributed by atoms with van der Waals surface area (Å²) in [4.78, 5) is 0. The monoisotopic (exact) mass is 232 g/mol. The number of rotatable bonds is 3. The lowest BCUT2D eigenvalue weighted by Gasteiger charge is -2.26. The average molecular weight is 232 g/mol. The Labute approximate surface area is 92.0 Å². The average Bonchev–Trinajstić information content (AvgIpc) is 2.73. The van der Waals surface area contributed by atoms with Gasteiger partial charge in [-0.15, -0.1) is 0 Å². The van der Waals surface area contributed by atoms with Crippen molar-refractivity contribution in [2.75, 3.05) is 0 Å². The molecule has 0 unspecified atom stereocenters. The molecule has 0 radical (unpaired) electrons. The largest absolute Gasteiger partial charge is 0.285 e. The van der Waals surface area contributed by atoms with Gasteiger partial charge in [-0.2, -0.15) is 8.42 Å². The summed E-state index contributed by atoms with van der Waals surface area (Å²) in [7, 11) is -3.83. The Kier molecular flexibility index (Phi) is 3.36. The van der Waals surface area contributed by atoms with E-state index in [2.05, 4.69) is 0 Å². The van der Waals surface area contributed by atoms with Crippen LogP contribution in [0.2, 0.25) is 0 Å². The first-order valence-electron chi connectivity index (χ1n) is 6.05. The van der Waals surface area contributed by atoms with Crippen LogP contribution in [0.5, 0.6) is 0 Å². The van der Waals surface area contributed by atoms with Crippen molar-refractivity contribution in [3.8, 4) is 0 Å². The van der Waals surface area contributed by atoms with E-state index in [9.17, 15) is 13.0 Å². The summed E-state index contributed by atoms with van der Waals surface area (Å²) >= 11 is 0. The number of hydrogen-bond donors (Lipinski definition) is 1. The maximum absolute atomic E-state index is 11.5. The summed E-state index contributed by atoms with van der Waals surface area (Å²) < 4.78 is 32.3. The third-order valence-corrected chi connectivity index (χ3v) is 5.53. The molecule has 2 fully saturated rings. The quantitative estimate of drug-likeness (QED) is 0.761. The molecule has 0 aromatic carbocycles. The van der Waals surface area contributed by atoms with Crippen LogP contribution in [0.3, 0.4) is 0 Å². The van der Waals surface area contributed by atoms with Crippen molar-refractivity contribution in [2.45, 2.75) is 56.6 Å². The molecule has 88 valence electrons. The van der Waals surface area contributed by atoms with Crippen LogP contribution in [0.25, 0.3) is 0 Å². The van der Waals surface area contributed by atoms with E-state index < -0.39 is 15.4 Å². The van der Waals surface area contributed by atoms with E-state index in [1.54, 1.807) is 0 Å². The van der Waals surface area contributed by atoms with Gasteiger partial charge in [-0.1, -0.05) is 25.7 Å². The van der Waals surface area contributed by atoms with Crippen molar-refractivity contribution in [3.63, 3.8) is 0 Å². The minimum Gasteiger partial charge on any atom is -0.285 e. The van der Waals surface area contributed by atoms with Crippen LogP contribution in [-0.2, 0) is 10.1 Å². The molecule has 2 rings (SSSR count). The highest BCUT2D eigenvalue weighted by molar-refractivity contribution is 7.86. The Hall–Kier alpha value is -0.0900. The molecule has 0 aromatic heterocycles. The van der Waals surface area contributed by atoms with Crippen molar-refractivity contribution in [2.24, 2.45) is 11.8 Å². The van der Waals surface area contributed by atoms with Crippen molar-refractivity contribution < 1.29 is 13.0 Å². The third kappa shape index (κ3) is 2.53. The highest BCUT2D eigenvalue weighted by atomic mass is 32.2. The molecule has 0 saturated heterocycles. The summed E-state index contributed by atoms with van der Waals surface area (Å²) in [6.45, 7) is 0. The lowest BCUT2D eigenvalue weighted by Crippen LogP contribution is -2.34. The lowest BCUT2D eigenvalue weighted by atomic mass is 9.91. The molecule has 15 heavy (non-hydrogen) atoms. The normalized spacial score (nSPS) is 25.5. The van der Waals surface area contributed by atoms with Gasteiger partial charge in [-0.3, -0.25) is 4.55 Å². The Morgan fingerprint density at radius 2 is 1.20 bits per heavy atom. The first-order valence-corrected chi connectivity index (χ1v) is 7.55. The summed E-state index contributed by atoms with van der Waals surface area (Å²) in [6.07, 6.45) is 8.46. The molecule has 4 heteroatoms. The zero-order valence-electron chi connectivity index (χ0n) is 9.06. The second-order valence-corrected chi connectivity index (χ2v) is 6.64. The molecule has 3 nitrogen and oxygen atoms in total. The standard InChI is InChI=1S/C11H20O3S/c12-15(13,14)11(9-5-1-2-6-9)10-7-3-4-8-10/h9-11H,1-8H2,(H,12,13,14). The summed E-state index contributed by atoms with van der Waals surface area (Å²) in [5, 5.41) is -0.456. The second-order valence-electron chi connectivity index (χ2n) is 5.07. The van der Waals surface area contributed by atoms with Gasteiger partial charge in [-0.25, -0.2) is 0 Å². The van der Waals surface area contributed by atoms with Crippen LogP contribution in [0.4, 0.5) is 0 Å². The van der Waals surface area contributed by atoms with Gasteiger partial charge in [0, 0.05) is 0 Å². The minimum atomic E-state index is -3.83.